The molecule has 1 aliphatic heterocycles. The van der Waals surface area contributed by atoms with Gasteiger partial charge in [-0.1, -0.05) is 0 Å². The lowest BCUT2D eigenvalue weighted by atomic mass is 9.90. The van der Waals surface area contributed by atoms with Crippen LogP contribution in [-0.2, 0) is 9.59 Å². The number of rotatable bonds is 6. The molecule has 2 rings (SSSR count). The van der Waals surface area contributed by atoms with Crippen molar-refractivity contribution in [2.24, 2.45) is 5.92 Å². The highest BCUT2D eigenvalue weighted by molar-refractivity contribution is 5.78. The van der Waals surface area contributed by atoms with Crippen LogP contribution in [0.3, 0.4) is 0 Å². The molecule has 1 aliphatic rings. The minimum atomic E-state index is -0.838. The number of hydrogen-bond acceptors (Lipinski definition) is 3. The summed E-state index contributed by atoms with van der Waals surface area (Å²) in [5.41, 5.74) is 0. The number of carbonyl (C=O) groups is 2. The molecule has 1 saturated heterocycles. The zero-order valence-corrected chi connectivity index (χ0v) is 13.2. The van der Waals surface area contributed by atoms with Gasteiger partial charge in [0.1, 0.15) is 11.6 Å². The monoisotopic (exact) mass is 323 g/mol. The summed E-state index contributed by atoms with van der Waals surface area (Å²) in [5.74, 6) is -1.11. The van der Waals surface area contributed by atoms with Crippen LogP contribution in [0.2, 0.25) is 0 Å². The fourth-order valence-electron chi connectivity index (χ4n) is 2.91. The molecule has 1 aromatic carbocycles. The predicted octanol–water partition coefficient (Wildman–Crippen LogP) is 2.70. The van der Waals surface area contributed by atoms with Crippen molar-refractivity contribution in [3.8, 4) is 5.75 Å². The summed E-state index contributed by atoms with van der Waals surface area (Å²) in [7, 11) is 0. The molecule has 1 amide bonds. The molecule has 0 bridgehead atoms. The van der Waals surface area contributed by atoms with E-state index in [9.17, 15) is 19.1 Å². The van der Waals surface area contributed by atoms with Gasteiger partial charge in [-0.3, -0.25) is 9.59 Å². The second-order valence-corrected chi connectivity index (χ2v) is 5.82. The third-order valence-electron chi connectivity index (χ3n) is 4.24. The lowest BCUT2D eigenvalue weighted by Gasteiger charge is -2.37. The van der Waals surface area contributed by atoms with Crippen molar-refractivity contribution < 1.29 is 23.8 Å². The summed E-state index contributed by atoms with van der Waals surface area (Å²) in [6.07, 6.45) is 2.20. The van der Waals surface area contributed by atoms with Gasteiger partial charge >= 0.3 is 5.97 Å². The van der Waals surface area contributed by atoms with E-state index in [2.05, 4.69) is 0 Å². The van der Waals surface area contributed by atoms with E-state index in [0.29, 0.717) is 38.2 Å². The standard InChI is InChI=1S/C17H22FNO4/c1-12-15(17(21)22)4-2-10-19(12)16(20)5-3-11-23-14-8-6-13(18)7-9-14/h6-9,12,15H,2-5,10-11H2,1H3,(H,21,22)/t12-,15-/m1/s1. The molecule has 2 atom stereocenters. The molecule has 0 aliphatic carbocycles. The van der Waals surface area contributed by atoms with Gasteiger partial charge in [-0.15, -0.1) is 0 Å². The third kappa shape index (κ3) is 4.68. The fraction of sp³-hybridized carbons (Fsp3) is 0.529. The number of amides is 1. The molecule has 0 spiro atoms. The Balaban J connectivity index is 1.75. The van der Waals surface area contributed by atoms with Crippen molar-refractivity contribution in [1.82, 2.24) is 4.90 Å². The Kier molecular flexibility index (Phi) is 5.96. The van der Waals surface area contributed by atoms with E-state index in [1.165, 1.54) is 12.1 Å². The van der Waals surface area contributed by atoms with E-state index in [0.717, 1.165) is 6.42 Å². The highest BCUT2D eigenvalue weighted by atomic mass is 19.1. The number of hydrogen-bond donors (Lipinski definition) is 1. The zero-order valence-electron chi connectivity index (χ0n) is 13.2. The predicted molar refractivity (Wildman–Crippen MR) is 82.7 cm³/mol. The van der Waals surface area contributed by atoms with Crippen LogP contribution in [0.25, 0.3) is 0 Å². The van der Waals surface area contributed by atoms with E-state index in [1.54, 1.807) is 24.0 Å². The number of carboxylic acid groups (broad SMARTS) is 1. The van der Waals surface area contributed by atoms with Crippen LogP contribution < -0.4 is 4.74 Å². The number of halogens is 1. The van der Waals surface area contributed by atoms with Gasteiger partial charge in [0.25, 0.3) is 0 Å². The molecule has 5 nitrogen and oxygen atoms in total. The highest BCUT2D eigenvalue weighted by Crippen LogP contribution is 2.24. The zero-order chi connectivity index (χ0) is 16.8. The summed E-state index contributed by atoms with van der Waals surface area (Å²) in [6, 6.07) is 5.46. The Labute approximate surface area is 135 Å². The average Bonchev–Trinajstić information content (AvgIpc) is 2.53. The Bertz CT molecular complexity index is 546. The highest BCUT2D eigenvalue weighted by Gasteiger charge is 2.34. The average molecular weight is 323 g/mol. The van der Waals surface area contributed by atoms with Crippen molar-refractivity contribution >= 4 is 11.9 Å². The van der Waals surface area contributed by atoms with Crippen molar-refractivity contribution in [2.45, 2.75) is 38.6 Å². The first-order valence-corrected chi connectivity index (χ1v) is 7.89. The Morgan fingerprint density at radius 3 is 2.70 bits per heavy atom. The molecule has 0 saturated carbocycles. The van der Waals surface area contributed by atoms with E-state index in [4.69, 9.17) is 4.74 Å². The van der Waals surface area contributed by atoms with Gasteiger partial charge in [0.05, 0.1) is 12.5 Å². The van der Waals surface area contributed by atoms with Crippen LogP contribution in [0, 0.1) is 11.7 Å². The first-order valence-electron chi connectivity index (χ1n) is 7.89. The second-order valence-electron chi connectivity index (χ2n) is 5.82. The molecule has 1 fully saturated rings. The van der Waals surface area contributed by atoms with Crippen molar-refractivity contribution in [3.05, 3.63) is 30.1 Å². The van der Waals surface area contributed by atoms with Crippen molar-refractivity contribution in [2.75, 3.05) is 13.2 Å². The molecule has 23 heavy (non-hydrogen) atoms. The number of likely N-dealkylation sites (tertiary alicyclic amines) is 1. The van der Waals surface area contributed by atoms with E-state index in [1.807, 2.05) is 0 Å². The number of benzene rings is 1. The molecule has 0 aromatic heterocycles. The van der Waals surface area contributed by atoms with E-state index < -0.39 is 11.9 Å². The minimum absolute atomic E-state index is 0.0360. The molecule has 1 aromatic rings. The normalized spacial score (nSPS) is 21.0. The SMILES string of the molecule is C[C@@H]1[C@H](C(=O)O)CCCN1C(=O)CCCOc1ccc(F)cc1. The third-order valence-corrected chi connectivity index (χ3v) is 4.24. The minimum Gasteiger partial charge on any atom is -0.494 e. The first-order chi connectivity index (χ1) is 11.0. The molecule has 1 heterocycles. The van der Waals surface area contributed by atoms with Crippen LogP contribution >= 0.6 is 0 Å². The van der Waals surface area contributed by atoms with Gasteiger partial charge in [-0.2, -0.15) is 0 Å². The quantitative estimate of drug-likeness (QED) is 0.817. The summed E-state index contributed by atoms with van der Waals surface area (Å²) < 4.78 is 18.2. The molecular formula is C17H22FNO4. The maximum absolute atomic E-state index is 12.8. The van der Waals surface area contributed by atoms with E-state index >= 15 is 0 Å². The number of nitrogens with zero attached hydrogens (tertiary/aromatic N) is 1. The number of carboxylic acids is 1. The fourth-order valence-corrected chi connectivity index (χ4v) is 2.91. The number of carbonyl (C=O) groups excluding carboxylic acids is 1. The summed E-state index contributed by atoms with van der Waals surface area (Å²) in [4.78, 5) is 25.1. The number of aliphatic carboxylic acids is 1. The van der Waals surface area contributed by atoms with Crippen LogP contribution in [-0.4, -0.2) is 41.1 Å². The maximum atomic E-state index is 12.8. The van der Waals surface area contributed by atoms with Gasteiger partial charge in [0.15, 0.2) is 0 Å². The van der Waals surface area contributed by atoms with Crippen molar-refractivity contribution in [1.29, 1.82) is 0 Å². The van der Waals surface area contributed by atoms with Gasteiger partial charge in [-0.25, -0.2) is 4.39 Å². The van der Waals surface area contributed by atoms with E-state index in [-0.39, 0.29) is 17.8 Å². The summed E-state index contributed by atoms with van der Waals surface area (Å²) >= 11 is 0. The van der Waals surface area contributed by atoms with Gasteiger partial charge in [0.2, 0.25) is 5.91 Å². The molecule has 0 radical (unpaired) electrons. The lowest BCUT2D eigenvalue weighted by molar-refractivity contribution is -0.149. The first kappa shape index (κ1) is 17.2. The maximum Gasteiger partial charge on any atom is 0.308 e. The lowest BCUT2D eigenvalue weighted by Crippen LogP contribution is -2.49. The summed E-state index contributed by atoms with van der Waals surface area (Å²) in [5, 5.41) is 9.18. The van der Waals surface area contributed by atoms with Gasteiger partial charge < -0.3 is 14.7 Å². The summed E-state index contributed by atoms with van der Waals surface area (Å²) in [6.45, 7) is 2.77. The Morgan fingerprint density at radius 2 is 2.04 bits per heavy atom. The van der Waals surface area contributed by atoms with Crippen molar-refractivity contribution in [3.63, 3.8) is 0 Å². The topological polar surface area (TPSA) is 66.8 Å². The molecule has 126 valence electrons. The van der Waals surface area contributed by atoms with Crippen LogP contribution in [0.15, 0.2) is 24.3 Å². The van der Waals surface area contributed by atoms with Crippen LogP contribution in [0.5, 0.6) is 5.75 Å². The number of piperidine rings is 1. The second kappa shape index (κ2) is 7.94. The van der Waals surface area contributed by atoms with Crippen LogP contribution in [0.4, 0.5) is 4.39 Å². The Morgan fingerprint density at radius 1 is 1.35 bits per heavy atom. The van der Waals surface area contributed by atoms with Gasteiger partial charge in [0, 0.05) is 19.0 Å². The largest absolute Gasteiger partial charge is 0.494 e. The molecule has 0 unspecified atom stereocenters. The smallest absolute Gasteiger partial charge is 0.308 e. The van der Waals surface area contributed by atoms with Gasteiger partial charge in [-0.05, 0) is 50.5 Å². The molecule has 1 N–H and O–H groups in total. The number of ether oxygens (including phenoxy) is 1. The van der Waals surface area contributed by atoms with Crippen LogP contribution in [0.1, 0.15) is 32.6 Å². The Hall–Kier alpha value is -2.11. The molecule has 6 heteroatoms. The molecular weight excluding hydrogens is 301 g/mol.